The second-order valence-electron chi connectivity index (χ2n) is 14.8. The molecule has 12 rings (SSSR count). The first-order valence-electron chi connectivity index (χ1n) is 19.0. The topological polar surface area (TPSA) is 16.4 Å². The molecule has 256 valence electrons. The molecule has 10 aromatic rings. The fourth-order valence-corrected chi connectivity index (χ4v) is 9.85. The van der Waals surface area contributed by atoms with E-state index in [1.165, 1.54) is 66.4 Å². The van der Waals surface area contributed by atoms with Crippen molar-refractivity contribution in [2.24, 2.45) is 0 Å². The van der Waals surface area contributed by atoms with Crippen molar-refractivity contribution in [2.45, 2.75) is 5.41 Å². The van der Waals surface area contributed by atoms with Gasteiger partial charge in [0.1, 0.15) is 11.2 Å². The van der Waals surface area contributed by atoms with Crippen LogP contribution in [0, 0.1) is 0 Å². The summed E-state index contributed by atoms with van der Waals surface area (Å²) in [5.74, 6) is 0. The molecule has 0 aliphatic heterocycles. The zero-order valence-corrected chi connectivity index (χ0v) is 29.9. The van der Waals surface area contributed by atoms with Crippen LogP contribution in [0.15, 0.2) is 205 Å². The molecule has 2 heteroatoms. The van der Waals surface area contributed by atoms with Crippen molar-refractivity contribution in [1.29, 1.82) is 0 Å². The summed E-state index contributed by atoms with van der Waals surface area (Å²) in [7, 11) is 0. The highest BCUT2D eigenvalue weighted by Crippen LogP contribution is 2.64. The van der Waals surface area contributed by atoms with E-state index in [1.807, 2.05) is 0 Å². The third-order valence-electron chi connectivity index (χ3n) is 12.1. The van der Waals surface area contributed by atoms with Gasteiger partial charge in [-0.1, -0.05) is 158 Å². The maximum atomic E-state index is 6.50. The van der Waals surface area contributed by atoms with Crippen LogP contribution in [-0.2, 0) is 5.41 Å². The first kappa shape index (κ1) is 30.3. The lowest BCUT2D eigenvalue weighted by atomic mass is 9.70. The van der Waals surface area contributed by atoms with Crippen LogP contribution in [-0.4, -0.2) is 0 Å². The Labute approximate surface area is 319 Å². The van der Waals surface area contributed by atoms with E-state index in [9.17, 15) is 0 Å². The summed E-state index contributed by atoms with van der Waals surface area (Å²) >= 11 is 0. The molecule has 0 amide bonds. The third kappa shape index (κ3) is 4.14. The molecule has 0 saturated carbocycles. The van der Waals surface area contributed by atoms with Crippen molar-refractivity contribution in [2.75, 3.05) is 4.90 Å². The fourth-order valence-electron chi connectivity index (χ4n) is 9.85. The molecule has 0 unspecified atom stereocenters. The molecule has 0 N–H and O–H groups in total. The molecular formula is C53H33NO. The van der Waals surface area contributed by atoms with Crippen molar-refractivity contribution >= 4 is 49.8 Å². The van der Waals surface area contributed by atoms with Crippen molar-refractivity contribution in [3.05, 3.63) is 222 Å². The van der Waals surface area contributed by atoms with Gasteiger partial charge in [0, 0.05) is 27.7 Å². The van der Waals surface area contributed by atoms with Crippen molar-refractivity contribution < 1.29 is 4.42 Å². The second-order valence-corrected chi connectivity index (χ2v) is 14.8. The second kappa shape index (κ2) is 11.4. The van der Waals surface area contributed by atoms with Gasteiger partial charge >= 0.3 is 0 Å². The highest BCUT2D eigenvalue weighted by molar-refractivity contribution is 6.19. The number of hydrogen-bond acceptors (Lipinski definition) is 2. The number of anilines is 3. The molecule has 55 heavy (non-hydrogen) atoms. The van der Waals surface area contributed by atoms with Crippen LogP contribution in [0.25, 0.3) is 66.1 Å². The Bertz CT molecular complexity index is 3110. The van der Waals surface area contributed by atoms with Gasteiger partial charge in [0.2, 0.25) is 0 Å². The van der Waals surface area contributed by atoms with Gasteiger partial charge in [0.25, 0.3) is 0 Å². The first-order valence-corrected chi connectivity index (χ1v) is 19.0. The average molecular weight is 700 g/mol. The van der Waals surface area contributed by atoms with Crippen molar-refractivity contribution in [3.8, 4) is 33.4 Å². The fraction of sp³-hybridized carbons (Fsp3) is 0.0189. The van der Waals surface area contributed by atoms with Crippen LogP contribution in [0.2, 0.25) is 0 Å². The lowest BCUT2D eigenvalue weighted by Crippen LogP contribution is -2.26. The quantitative estimate of drug-likeness (QED) is 0.182. The molecule has 0 radical (unpaired) electrons. The Kier molecular flexibility index (Phi) is 6.29. The minimum Gasteiger partial charge on any atom is -0.456 e. The molecule has 9 aromatic carbocycles. The summed E-state index contributed by atoms with van der Waals surface area (Å²) in [5, 5.41) is 4.66. The van der Waals surface area contributed by atoms with E-state index in [0.717, 1.165) is 39.0 Å². The van der Waals surface area contributed by atoms with Gasteiger partial charge in [-0.25, -0.2) is 0 Å². The van der Waals surface area contributed by atoms with Gasteiger partial charge in [-0.15, -0.1) is 0 Å². The highest BCUT2D eigenvalue weighted by atomic mass is 16.3. The molecular weight excluding hydrogens is 667 g/mol. The Morgan fingerprint density at radius 2 is 0.964 bits per heavy atom. The van der Waals surface area contributed by atoms with E-state index in [2.05, 4.69) is 205 Å². The summed E-state index contributed by atoms with van der Waals surface area (Å²) in [6.07, 6.45) is 0. The van der Waals surface area contributed by atoms with Gasteiger partial charge in [-0.3, -0.25) is 0 Å². The molecule has 1 spiro atoms. The molecule has 0 bridgehead atoms. The lowest BCUT2D eigenvalue weighted by molar-refractivity contribution is 0.669. The SMILES string of the molecule is c1ccc(-c2ccc(N(c3ccc4oc5ccc6ccccc6c5c4c3)c3cccc4c3-c3ccccc3C43c4ccccc4-c4ccccc43)cc2)cc1. The molecule has 2 aliphatic rings. The average Bonchev–Trinajstić information content (AvgIpc) is 3.89. The normalized spacial score (nSPS) is 13.2. The summed E-state index contributed by atoms with van der Waals surface area (Å²) in [6, 6.07) is 73.2. The van der Waals surface area contributed by atoms with Crippen LogP contribution in [0.5, 0.6) is 0 Å². The number of nitrogens with zero attached hydrogens (tertiary/aromatic N) is 1. The maximum absolute atomic E-state index is 6.50. The number of rotatable bonds is 4. The Morgan fingerprint density at radius 1 is 0.382 bits per heavy atom. The Morgan fingerprint density at radius 3 is 1.73 bits per heavy atom. The molecule has 2 nitrogen and oxygen atoms in total. The standard InChI is InChI=1S/C53H33NO/c1-2-13-34(14-3-1)35-25-28-37(29-26-35)54(38-30-32-49-43(33-38)51-39-16-5-4-15-36(39)27-31-50(51)55-49)48-24-12-23-47-52(48)42-19-8-11-22-46(42)53(47)44-20-9-6-17-40(44)41-18-7-10-21-45(41)53/h1-33H. The van der Waals surface area contributed by atoms with E-state index in [4.69, 9.17) is 4.42 Å². The van der Waals surface area contributed by atoms with Crippen LogP contribution < -0.4 is 4.90 Å². The number of furan rings is 1. The van der Waals surface area contributed by atoms with E-state index in [1.54, 1.807) is 0 Å². The van der Waals surface area contributed by atoms with Gasteiger partial charge in [-0.2, -0.15) is 0 Å². The summed E-state index contributed by atoms with van der Waals surface area (Å²) in [6.45, 7) is 0. The molecule has 0 fully saturated rings. The Balaban J connectivity index is 1.15. The molecule has 2 aliphatic carbocycles. The van der Waals surface area contributed by atoms with Gasteiger partial charge < -0.3 is 9.32 Å². The predicted molar refractivity (Wildman–Crippen MR) is 228 cm³/mol. The highest BCUT2D eigenvalue weighted by Gasteiger charge is 2.52. The van der Waals surface area contributed by atoms with E-state index >= 15 is 0 Å². The van der Waals surface area contributed by atoms with Crippen LogP contribution in [0.3, 0.4) is 0 Å². The van der Waals surface area contributed by atoms with Gasteiger partial charge in [0.05, 0.1) is 11.1 Å². The zero-order valence-electron chi connectivity index (χ0n) is 29.9. The summed E-state index contributed by atoms with van der Waals surface area (Å²) in [5.41, 5.74) is 17.6. The largest absolute Gasteiger partial charge is 0.456 e. The van der Waals surface area contributed by atoms with Crippen molar-refractivity contribution in [1.82, 2.24) is 0 Å². The van der Waals surface area contributed by atoms with Crippen LogP contribution >= 0.6 is 0 Å². The molecule has 1 aromatic heterocycles. The van der Waals surface area contributed by atoms with Crippen molar-refractivity contribution in [3.63, 3.8) is 0 Å². The van der Waals surface area contributed by atoms with E-state index in [-0.39, 0.29) is 0 Å². The maximum Gasteiger partial charge on any atom is 0.136 e. The van der Waals surface area contributed by atoms with Gasteiger partial charge in [0.15, 0.2) is 0 Å². The zero-order chi connectivity index (χ0) is 36.1. The monoisotopic (exact) mass is 699 g/mol. The number of benzene rings is 9. The number of fused-ring (bicyclic) bond motifs is 15. The minimum absolute atomic E-state index is 0.429. The van der Waals surface area contributed by atoms with Crippen LogP contribution in [0.1, 0.15) is 22.3 Å². The molecule has 0 saturated heterocycles. The Hall–Kier alpha value is -7.16. The summed E-state index contributed by atoms with van der Waals surface area (Å²) < 4.78 is 6.50. The summed E-state index contributed by atoms with van der Waals surface area (Å²) in [4.78, 5) is 2.46. The molecule has 0 atom stereocenters. The third-order valence-corrected chi connectivity index (χ3v) is 12.1. The van der Waals surface area contributed by atoms with E-state index in [0.29, 0.717) is 0 Å². The van der Waals surface area contributed by atoms with Crippen LogP contribution in [0.4, 0.5) is 17.1 Å². The minimum atomic E-state index is -0.429. The molecule has 1 heterocycles. The van der Waals surface area contributed by atoms with Gasteiger partial charge in [-0.05, 0) is 103 Å². The number of hydrogen-bond donors (Lipinski definition) is 0. The smallest absolute Gasteiger partial charge is 0.136 e. The lowest BCUT2D eigenvalue weighted by Gasteiger charge is -2.31. The first-order chi connectivity index (χ1) is 27.3. The van der Waals surface area contributed by atoms with E-state index < -0.39 is 5.41 Å². The predicted octanol–water partition coefficient (Wildman–Crippen LogP) is 14.2.